The highest BCUT2D eigenvalue weighted by atomic mass is 35.5. The third-order valence-corrected chi connectivity index (χ3v) is 5.29. The fraction of sp³-hybridized carbons (Fsp3) is 0.450. The van der Waals surface area contributed by atoms with Crippen molar-refractivity contribution in [3.8, 4) is 0 Å². The molecule has 0 bridgehead atoms. The van der Waals surface area contributed by atoms with E-state index < -0.39 is 0 Å². The molecule has 0 fully saturated rings. The standard InChI is InChI=1S/C20H28N2O2S.ClH/c1-4-15(2)16-7-9-17(10-8-16)20(18-6-5-13-25-18)22-19(23)14-21-11-12-24-3;/h5-10,13,15,20-21H,4,11-12,14H2,1-3H3,(H,22,23);1H. The Hall–Kier alpha value is -1.40. The minimum Gasteiger partial charge on any atom is -0.383 e. The van der Waals surface area contributed by atoms with E-state index in [4.69, 9.17) is 4.74 Å². The molecule has 1 aromatic carbocycles. The van der Waals surface area contributed by atoms with Gasteiger partial charge < -0.3 is 15.4 Å². The van der Waals surface area contributed by atoms with E-state index in [0.29, 0.717) is 19.1 Å². The van der Waals surface area contributed by atoms with Crippen LogP contribution < -0.4 is 10.6 Å². The van der Waals surface area contributed by atoms with Crippen molar-refractivity contribution >= 4 is 29.7 Å². The monoisotopic (exact) mass is 396 g/mol. The van der Waals surface area contributed by atoms with Crippen molar-refractivity contribution in [2.45, 2.75) is 32.2 Å². The molecule has 2 atom stereocenters. The lowest BCUT2D eigenvalue weighted by Crippen LogP contribution is -2.37. The molecule has 4 nitrogen and oxygen atoms in total. The number of methoxy groups -OCH3 is 1. The molecule has 26 heavy (non-hydrogen) atoms. The number of nitrogens with one attached hydrogen (secondary N) is 2. The molecule has 6 heteroatoms. The summed E-state index contributed by atoms with van der Waals surface area (Å²) in [6.45, 7) is 5.98. The van der Waals surface area contributed by atoms with Crippen LogP contribution in [-0.2, 0) is 9.53 Å². The van der Waals surface area contributed by atoms with E-state index in [1.54, 1.807) is 18.4 Å². The van der Waals surface area contributed by atoms with Crippen LogP contribution in [0.3, 0.4) is 0 Å². The van der Waals surface area contributed by atoms with E-state index >= 15 is 0 Å². The first-order valence-electron chi connectivity index (χ1n) is 8.78. The molecule has 2 N–H and O–H groups in total. The Morgan fingerprint density at radius 1 is 1.19 bits per heavy atom. The maximum Gasteiger partial charge on any atom is 0.234 e. The van der Waals surface area contributed by atoms with Gasteiger partial charge in [0.15, 0.2) is 0 Å². The van der Waals surface area contributed by atoms with Crippen molar-refractivity contribution in [3.05, 3.63) is 57.8 Å². The summed E-state index contributed by atoms with van der Waals surface area (Å²) in [6, 6.07) is 12.6. The van der Waals surface area contributed by atoms with Gasteiger partial charge in [-0.3, -0.25) is 4.79 Å². The van der Waals surface area contributed by atoms with Gasteiger partial charge in [-0.05, 0) is 34.9 Å². The summed E-state index contributed by atoms with van der Waals surface area (Å²) in [7, 11) is 1.65. The number of hydrogen-bond donors (Lipinski definition) is 2. The van der Waals surface area contributed by atoms with Crippen molar-refractivity contribution in [2.75, 3.05) is 26.8 Å². The molecular formula is C20H29ClN2O2S. The molecule has 0 saturated heterocycles. The van der Waals surface area contributed by atoms with Crippen LogP contribution in [0.15, 0.2) is 41.8 Å². The Balaban J connectivity index is 0.00000338. The number of halogens is 1. The van der Waals surface area contributed by atoms with Gasteiger partial charge in [-0.25, -0.2) is 0 Å². The summed E-state index contributed by atoms with van der Waals surface area (Å²) in [6.07, 6.45) is 1.12. The van der Waals surface area contributed by atoms with Crippen LogP contribution in [-0.4, -0.2) is 32.7 Å². The number of ether oxygens (including phenoxy) is 1. The Kier molecular flexibility index (Phi) is 10.5. The topological polar surface area (TPSA) is 50.4 Å². The molecule has 2 aromatic rings. The predicted octanol–water partition coefficient (Wildman–Crippen LogP) is 4.13. The van der Waals surface area contributed by atoms with Crippen LogP contribution in [0, 0.1) is 0 Å². The number of amides is 1. The summed E-state index contributed by atoms with van der Waals surface area (Å²) in [5.41, 5.74) is 2.45. The summed E-state index contributed by atoms with van der Waals surface area (Å²) < 4.78 is 4.98. The van der Waals surface area contributed by atoms with Gasteiger partial charge in [0.2, 0.25) is 5.91 Å². The maximum absolute atomic E-state index is 12.3. The Morgan fingerprint density at radius 2 is 1.88 bits per heavy atom. The fourth-order valence-electron chi connectivity index (χ4n) is 2.62. The first-order chi connectivity index (χ1) is 12.2. The normalized spacial score (nSPS) is 12.9. The van der Waals surface area contributed by atoms with Gasteiger partial charge in [0.05, 0.1) is 19.2 Å². The van der Waals surface area contributed by atoms with Gasteiger partial charge >= 0.3 is 0 Å². The molecular weight excluding hydrogens is 368 g/mol. The maximum atomic E-state index is 12.3. The van der Waals surface area contributed by atoms with Crippen molar-refractivity contribution in [1.82, 2.24) is 10.6 Å². The van der Waals surface area contributed by atoms with Gasteiger partial charge in [0.25, 0.3) is 0 Å². The average molecular weight is 397 g/mol. The smallest absolute Gasteiger partial charge is 0.234 e. The quantitative estimate of drug-likeness (QED) is 0.594. The summed E-state index contributed by atoms with van der Waals surface area (Å²) >= 11 is 1.66. The zero-order chi connectivity index (χ0) is 18.1. The molecule has 2 unspecified atom stereocenters. The lowest BCUT2D eigenvalue weighted by Gasteiger charge is -2.19. The molecule has 1 heterocycles. The lowest BCUT2D eigenvalue weighted by atomic mass is 9.95. The van der Waals surface area contributed by atoms with E-state index in [0.717, 1.165) is 16.9 Å². The van der Waals surface area contributed by atoms with Crippen LogP contribution in [0.5, 0.6) is 0 Å². The third kappa shape index (κ3) is 6.72. The molecule has 0 radical (unpaired) electrons. The molecule has 0 aliphatic rings. The molecule has 1 amide bonds. The number of thiophene rings is 1. The molecule has 0 saturated carbocycles. The first kappa shape index (κ1) is 22.6. The Labute approximate surface area is 166 Å². The minimum absolute atomic E-state index is 0. The summed E-state index contributed by atoms with van der Waals surface area (Å²) in [5, 5.41) is 8.27. The van der Waals surface area contributed by atoms with E-state index in [1.807, 2.05) is 11.4 Å². The second kappa shape index (κ2) is 12.1. The van der Waals surface area contributed by atoms with Crippen molar-refractivity contribution in [2.24, 2.45) is 0 Å². The van der Waals surface area contributed by atoms with E-state index in [9.17, 15) is 4.79 Å². The predicted molar refractivity (Wildman–Crippen MR) is 111 cm³/mol. The second-order valence-corrected chi connectivity index (χ2v) is 7.14. The molecule has 2 rings (SSSR count). The van der Waals surface area contributed by atoms with Gasteiger partial charge in [0, 0.05) is 18.5 Å². The van der Waals surface area contributed by atoms with Gasteiger partial charge in [0.1, 0.15) is 0 Å². The molecule has 0 aliphatic carbocycles. The van der Waals surface area contributed by atoms with Crippen LogP contribution >= 0.6 is 23.7 Å². The number of carbonyl (C=O) groups is 1. The molecule has 0 aliphatic heterocycles. The average Bonchev–Trinajstić information content (AvgIpc) is 3.17. The van der Waals surface area contributed by atoms with Crippen molar-refractivity contribution in [1.29, 1.82) is 0 Å². The highest BCUT2D eigenvalue weighted by Crippen LogP contribution is 2.28. The van der Waals surface area contributed by atoms with E-state index in [-0.39, 0.29) is 30.9 Å². The molecule has 144 valence electrons. The molecule has 1 aromatic heterocycles. The SMILES string of the molecule is CCC(C)c1ccc(C(NC(=O)CNCCOC)c2cccs2)cc1.Cl. The van der Waals surface area contributed by atoms with Crippen LogP contribution in [0.1, 0.15) is 48.2 Å². The summed E-state index contributed by atoms with van der Waals surface area (Å²) in [5.74, 6) is 0.536. The number of hydrogen-bond acceptors (Lipinski definition) is 4. The van der Waals surface area contributed by atoms with Crippen LogP contribution in [0.4, 0.5) is 0 Å². The number of rotatable bonds is 10. The zero-order valence-electron chi connectivity index (χ0n) is 15.7. The van der Waals surface area contributed by atoms with Gasteiger partial charge in [-0.1, -0.05) is 44.2 Å². The van der Waals surface area contributed by atoms with Crippen molar-refractivity contribution < 1.29 is 9.53 Å². The number of benzene rings is 1. The van der Waals surface area contributed by atoms with Crippen LogP contribution in [0.25, 0.3) is 0 Å². The first-order valence-corrected chi connectivity index (χ1v) is 9.66. The highest BCUT2D eigenvalue weighted by Gasteiger charge is 2.18. The van der Waals surface area contributed by atoms with Gasteiger partial charge in [-0.2, -0.15) is 0 Å². The second-order valence-electron chi connectivity index (χ2n) is 6.16. The third-order valence-electron chi connectivity index (χ3n) is 4.35. The van der Waals surface area contributed by atoms with Crippen molar-refractivity contribution in [3.63, 3.8) is 0 Å². The lowest BCUT2D eigenvalue weighted by molar-refractivity contribution is -0.120. The Morgan fingerprint density at radius 3 is 2.46 bits per heavy atom. The van der Waals surface area contributed by atoms with E-state index in [2.05, 4.69) is 54.8 Å². The number of carbonyl (C=O) groups excluding carboxylic acids is 1. The Bertz CT molecular complexity index is 632. The minimum atomic E-state index is -0.109. The zero-order valence-corrected chi connectivity index (χ0v) is 17.3. The largest absolute Gasteiger partial charge is 0.383 e. The fourth-order valence-corrected chi connectivity index (χ4v) is 3.42. The van der Waals surface area contributed by atoms with Gasteiger partial charge in [-0.15, -0.1) is 23.7 Å². The van der Waals surface area contributed by atoms with E-state index in [1.165, 1.54) is 5.56 Å². The van der Waals surface area contributed by atoms with Crippen LogP contribution in [0.2, 0.25) is 0 Å². The molecule has 0 spiro atoms. The highest BCUT2D eigenvalue weighted by molar-refractivity contribution is 7.10. The summed E-state index contributed by atoms with van der Waals surface area (Å²) in [4.78, 5) is 13.4.